The Bertz CT molecular complexity index is 433. The van der Waals surface area contributed by atoms with Gasteiger partial charge in [-0.05, 0) is 35.0 Å². The molecule has 0 spiro atoms. The van der Waals surface area contributed by atoms with E-state index in [1.807, 2.05) is 0 Å². The first-order valence-electron chi connectivity index (χ1n) is 4.90. The van der Waals surface area contributed by atoms with Crippen molar-refractivity contribution in [3.63, 3.8) is 0 Å². The highest BCUT2D eigenvalue weighted by Gasteiger charge is 2.16. The number of nitrogens with one attached hydrogen (secondary N) is 1. The summed E-state index contributed by atoms with van der Waals surface area (Å²) in [5.41, 5.74) is 0.447. The summed E-state index contributed by atoms with van der Waals surface area (Å²) in [5, 5.41) is 2.43. The van der Waals surface area contributed by atoms with Crippen molar-refractivity contribution in [2.24, 2.45) is 0 Å². The first-order valence-corrected chi connectivity index (χ1v) is 5.69. The van der Waals surface area contributed by atoms with Gasteiger partial charge in [-0.3, -0.25) is 4.79 Å². The summed E-state index contributed by atoms with van der Waals surface area (Å²) in [6.07, 6.45) is 0. The molecule has 0 radical (unpaired) electrons. The van der Waals surface area contributed by atoms with Crippen LogP contribution >= 0.6 is 15.9 Å². The van der Waals surface area contributed by atoms with Crippen LogP contribution in [0.3, 0.4) is 0 Å². The maximum Gasteiger partial charge on any atom is 0.397 e. The van der Waals surface area contributed by atoms with Gasteiger partial charge >= 0.3 is 11.9 Å². The van der Waals surface area contributed by atoms with E-state index < -0.39 is 11.9 Å². The molecule has 1 rings (SSSR count). The molecule has 1 amide bonds. The third kappa shape index (κ3) is 3.74. The fourth-order valence-electron chi connectivity index (χ4n) is 1.10. The number of anilines is 1. The first-order chi connectivity index (χ1) is 8.08. The molecule has 1 N–H and O–H groups in total. The maximum atomic E-state index is 11.4. The van der Waals surface area contributed by atoms with Crippen molar-refractivity contribution in [1.82, 2.24) is 0 Å². The predicted molar refractivity (Wildman–Crippen MR) is 66.0 cm³/mol. The van der Waals surface area contributed by atoms with Crippen LogP contribution < -0.4 is 10.1 Å². The van der Waals surface area contributed by atoms with Crippen LogP contribution in [0.25, 0.3) is 0 Å². The van der Waals surface area contributed by atoms with Gasteiger partial charge in [0.1, 0.15) is 5.75 Å². The van der Waals surface area contributed by atoms with E-state index in [0.29, 0.717) is 15.9 Å². The largest absolute Gasteiger partial charge is 0.497 e. The Hall–Kier alpha value is -1.56. The van der Waals surface area contributed by atoms with Gasteiger partial charge in [0.25, 0.3) is 0 Å². The summed E-state index contributed by atoms with van der Waals surface area (Å²) >= 11 is 3.25. The zero-order chi connectivity index (χ0) is 12.8. The molecular formula is C11H12BrNO4. The van der Waals surface area contributed by atoms with Crippen molar-refractivity contribution in [3.8, 4) is 5.75 Å². The van der Waals surface area contributed by atoms with E-state index in [1.54, 1.807) is 25.1 Å². The van der Waals surface area contributed by atoms with E-state index in [2.05, 4.69) is 26.0 Å². The fraction of sp³-hybridized carbons (Fsp3) is 0.273. The number of esters is 1. The van der Waals surface area contributed by atoms with E-state index >= 15 is 0 Å². The van der Waals surface area contributed by atoms with Crippen LogP contribution in [0.5, 0.6) is 5.75 Å². The third-order valence-electron chi connectivity index (χ3n) is 1.88. The summed E-state index contributed by atoms with van der Waals surface area (Å²) < 4.78 is 10.2. The lowest BCUT2D eigenvalue weighted by molar-refractivity contribution is -0.152. The molecule has 0 saturated heterocycles. The third-order valence-corrected chi connectivity index (χ3v) is 2.57. The van der Waals surface area contributed by atoms with E-state index in [1.165, 1.54) is 7.11 Å². The van der Waals surface area contributed by atoms with Gasteiger partial charge in [0.2, 0.25) is 0 Å². The van der Waals surface area contributed by atoms with Crippen LogP contribution in [0, 0.1) is 0 Å². The maximum absolute atomic E-state index is 11.4. The Labute approximate surface area is 107 Å². The zero-order valence-electron chi connectivity index (χ0n) is 9.45. The Morgan fingerprint density at radius 1 is 1.41 bits per heavy atom. The monoisotopic (exact) mass is 301 g/mol. The number of carbonyl (C=O) groups is 2. The van der Waals surface area contributed by atoms with Gasteiger partial charge < -0.3 is 14.8 Å². The molecule has 0 saturated carbocycles. The quantitative estimate of drug-likeness (QED) is 0.685. The Balaban J connectivity index is 2.80. The molecule has 0 fully saturated rings. The molecule has 0 unspecified atom stereocenters. The summed E-state index contributed by atoms with van der Waals surface area (Å²) in [4.78, 5) is 22.5. The number of hydrogen-bond donors (Lipinski definition) is 1. The average Bonchev–Trinajstić information content (AvgIpc) is 2.32. The molecule has 5 nitrogen and oxygen atoms in total. The van der Waals surface area contributed by atoms with Crippen LogP contribution in [-0.4, -0.2) is 25.6 Å². The number of ether oxygens (including phenoxy) is 2. The molecule has 0 heterocycles. The number of amides is 1. The SMILES string of the molecule is CCOC(=O)C(=O)Nc1cc(OC)ccc1Br. The summed E-state index contributed by atoms with van der Waals surface area (Å²) in [7, 11) is 1.51. The zero-order valence-corrected chi connectivity index (χ0v) is 11.0. The minimum atomic E-state index is -0.915. The topological polar surface area (TPSA) is 64.6 Å². The van der Waals surface area contributed by atoms with Crippen molar-refractivity contribution < 1.29 is 19.1 Å². The smallest absolute Gasteiger partial charge is 0.397 e. The summed E-state index contributed by atoms with van der Waals surface area (Å²) in [5.74, 6) is -1.16. The molecule has 17 heavy (non-hydrogen) atoms. The number of carbonyl (C=O) groups excluding carboxylic acids is 2. The highest BCUT2D eigenvalue weighted by Crippen LogP contribution is 2.26. The van der Waals surface area contributed by atoms with E-state index in [9.17, 15) is 9.59 Å². The Kier molecular flexibility index (Phi) is 4.96. The van der Waals surface area contributed by atoms with Crippen LogP contribution in [0.2, 0.25) is 0 Å². The van der Waals surface area contributed by atoms with Gasteiger partial charge in [0.05, 0.1) is 19.4 Å². The molecule has 0 bridgehead atoms. The fourth-order valence-corrected chi connectivity index (χ4v) is 1.44. The molecular weight excluding hydrogens is 290 g/mol. The molecule has 0 atom stereocenters. The lowest BCUT2D eigenvalue weighted by Crippen LogP contribution is -2.25. The molecule has 6 heteroatoms. The number of benzene rings is 1. The molecule has 0 aromatic heterocycles. The molecule has 0 aliphatic heterocycles. The summed E-state index contributed by atoms with van der Waals surface area (Å²) in [6, 6.07) is 5.03. The number of methoxy groups -OCH3 is 1. The number of halogens is 1. The van der Waals surface area contributed by atoms with Gasteiger partial charge in [-0.15, -0.1) is 0 Å². The standard InChI is InChI=1S/C11H12BrNO4/c1-3-17-11(15)10(14)13-9-6-7(16-2)4-5-8(9)12/h4-6H,3H2,1-2H3,(H,13,14). The van der Waals surface area contributed by atoms with Crippen LogP contribution in [-0.2, 0) is 14.3 Å². The Morgan fingerprint density at radius 3 is 2.71 bits per heavy atom. The van der Waals surface area contributed by atoms with Crippen molar-refractivity contribution in [1.29, 1.82) is 0 Å². The lowest BCUT2D eigenvalue weighted by Gasteiger charge is -2.08. The molecule has 0 aliphatic rings. The van der Waals surface area contributed by atoms with E-state index in [4.69, 9.17) is 4.74 Å². The predicted octanol–water partition coefficient (Wildman–Crippen LogP) is 1.96. The van der Waals surface area contributed by atoms with E-state index in [0.717, 1.165) is 0 Å². The second kappa shape index (κ2) is 6.24. The van der Waals surface area contributed by atoms with Gasteiger partial charge in [0.15, 0.2) is 0 Å². The second-order valence-electron chi connectivity index (χ2n) is 3.02. The van der Waals surface area contributed by atoms with Crippen molar-refractivity contribution >= 4 is 33.5 Å². The van der Waals surface area contributed by atoms with Gasteiger partial charge in [-0.25, -0.2) is 4.79 Å². The lowest BCUT2D eigenvalue weighted by atomic mass is 10.3. The van der Waals surface area contributed by atoms with E-state index in [-0.39, 0.29) is 6.61 Å². The number of hydrogen-bond acceptors (Lipinski definition) is 4. The van der Waals surface area contributed by atoms with Gasteiger partial charge in [0, 0.05) is 10.5 Å². The van der Waals surface area contributed by atoms with Crippen LogP contribution in [0.4, 0.5) is 5.69 Å². The van der Waals surface area contributed by atoms with Crippen LogP contribution in [0.1, 0.15) is 6.92 Å². The van der Waals surface area contributed by atoms with Crippen LogP contribution in [0.15, 0.2) is 22.7 Å². The summed E-state index contributed by atoms with van der Waals surface area (Å²) in [6.45, 7) is 1.79. The van der Waals surface area contributed by atoms with Crippen molar-refractivity contribution in [2.75, 3.05) is 19.0 Å². The van der Waals surface area contributed by atoms with Crippen molar-refractivity contribution in [2.45, 2.75) is 6.92 Å². The normalized spacial score (nSPS) is 9.59. The highest BCUT2D eigenvalue weighted by atomic mass is 79.9. The Morgan fingerprint density at radius 2 is 2.12 bits per heavy atom. The van der Waals surface area contributed by atoms with Crippen molar-refractivity contribution in [3.05, 3.63) is 22.7 Å². The minimum absolute atomic E-state index is 0.158. The molecule has 0 aliphatic carbocycles. The molecule has 92 valence electrons. The molecule has 1 aromatic rings. The first kappa shape index (κ1) is 13.5. The van der Waals surface area contributed by atoms with Gasteiger partial charge in [-0.2, -0.15) is 0 Å². The second-order valence-corrected chi connectivity index (χ2v) is 3.87. The number of rotatable bonds is 3. The minimum Gasteiger partial charge on any atom is -0.497 e. The highest BCUT2D eigenvalue weighted by molar-refractivity contribution is 9.10. The van der Waals surface area contributed by atoms with Gasteiger partial charge in [-0.1, -0.05) is 0 Å². The average molecular weight is 302 g/mol. The molecule has 1 aromatic carbocycles.